The lowest BCUT2D eigenvalue weighted by atomic mass is 9.83. The van der Waals surface area contributed by atoms with Gasteiger partial charge in [0.15, 0.2) is 6.10 Å². The lowest BCUT2D eigenvalue weighted by molar-refractivity contribution is -0.938. The van der Waals surface area contributed by atoms with Crippen LogP contribution in [-0.4, -0.2) is 48.6 Å². The van der Waals surface area contributed by atoms with Crippen molar-refractivity contribution in [3.05, 3.63) is 88.4 Å². The van der Waals surface area contributed by atoms with Gasteiger partial charge in [0, 0.05) is 29.7 Å². The van der Waals surface area contributed by atoms with Crippen LogP contribution in [0.5, 0.6) is 0 Å². The lowest BCUT2D eigenvalue weighted by Crippen LogP contribution is -2.66. The number of benzene rings is 2. The number of amides is 1. The minimum absolute atomic E-state index is 0.136. The summed E-state index contributed by atoms with van der Waals surface area (Å²) in [6, 6.07) is 17.6. The maximum Gasteiger partial charge on any atom is 0.415 e. The number of halogens is 1. The highest BCUT2D eigenvalue weighted by atomic mass is 32.1. The summed E-state index contributed by atoms with van der Waals surface area (Å²) in [6.45, 7) is 3.20. The Morgan fingerprint density at radius 1 is 1.06 bits per heavy atom. The molecule has 1 aromatic heterocycles. The molecule has 34 heavy (non-hydrogen) atoms. The molecule has 3 aromatic rings. The number of piperidine rings is 3. The number of carbonyl (C=O) groups is 2. The fourth-order valence-electron chi connectivity index (χ4n) is 5.28. The van der Waals surface area contributed by atoms with Gasteiger partial charge >= 0.3 is 6.09 Å². The number of fused-ring (bicyclic) bond motifs is 3. The minimum Gasteiger partial charge on any atom is -0.440 e. The summed E-state index contributed by atoms with van der Waals surface area (Å²) in [5.74, 6) is 0.120. The molecular weight excluding hydrogens is 451 g/mol. The van der Waals surface area contributed by atoms with E-state index in [2.05, 4.69) is 0 Å². The van der Waals surface area contributed by atoms with Crippen LogP contribution >= 0.6 is 11.3 Å². The van der Waals surface area contributed by atoms with Crippen LogP contribution in [0, 0.1) is 11.7 Å². The van der Waals surface area contributed by atoms with Crippen molar-refractivity contribution in [1.29, 1.82) is 0 Å². The molecule has 4 heterocycles. The number of rotatable bonds is 7. The number of anilines is 1. The second-order valence-corrected chi connectivity index (χ2v) is 10.2. The van der Waals surface area contributed by atoms with Gasteiger partial charge in [-0.1, -0.05) is 42.5 Å². The van der Waals surface area contributed by atoms with Crippen molar-refractivity contribution >= 4 is 28.9 Å². The maximum absolute atomic E-state index is 13.7. The molecule has 0 aliphatic carbocycles. The standard InChI is InChI=1S/C27H28FN2O3S/c28-23-8-4-5-20(15-23)16-29(24-11-14-34-19-24)27(32)33-26-18-30(12-9-22(26)10-13-30)17-25(31)21-6-2-1-3-7-21/h1-8,11,14-15,19,22,26H,9-10,12-13,16-18H2/q+1/t22?,26-,30?/m0/s1. The number of nitrogens with zero attached hydrogens (tertiary/aromatic N) is 2. The quantitative estimate of drug-likeness (QED) is 0.331. The van der Waals surface area contributed by atoms with E-state index in [-0.39, 0.29) is 24.2 Å². The Morgan fingerprint density at radius 3 is 2.56 bits per heavy atom. The molecule has 3 aliphatic rings. The average Bonchev–Trinajstić information content (AvgIpc) is 3.38. The number of ether oxygens (including phenoxy) is 1. The van der Waals surface area contributed by atoms with Gasteiger partial charge in [0.05, 0.1) is 25.3 Å². The van der Waals surface area contributed by atoms with Crippen LogP contribution in [0.4, 0.5) is 14.9 Å². The number of Topliss-reactive ketones (excluding diaryl/α,β-unsaturated/α-hetero) is 1. The van der Waals surface area contributed by atoms with E-state index in [4.69, 9.17) is 4.74 Å². The third kappa shape index (κ3) is 4.91. The van der Waals surface area contributed by atoms with Gasteiger partial charge in [0.1, 0.15) is 18.9 Å². The molecule has 1 amide bonds. The van der Waals surface area contributed by atoms with Gasteiger partial charge in [-0.25, -0.2) is 9.18 Å². The second kappa shape index (κ2) is 9.68. The molecular formula is C27H28FN2O3S+. The van der Waals surface area contributed by atoms with Gasteiger partial charge in [0.25, 0.3) is 0 Å². The van der Waals surface area contributed by atoms with E-state index in [0.717, 1.165) is 37.2 Å². The number of hydrogen-bond acceptors (Lipinski definition) is 4. The molecule has 3 saturated heterocycles. The Hall–Kier alpha value is -3.03. The molecule has 2 bridgehead atoms. The predicted molar refractivity (Wildman–Crippen MR) is 130 cm³/mol. The van der Waals surface area contributed by atoms with Gasteiger partial charge in [0.2, 0.25) is 5.78 Å². The molecule has 2 aromatic carbocycles. The summed E-state index contributed by atoms with van der Waals surface area (Å²) in [7, 11) is 0. The third-order valence-corrected chi connectivity index (χ3v) is 7.81. The van der Waals surface area contributed by atoms with Gasteiger partial charge in [-0.05, 0) is 29.1 Å². The molecule has 0 N–H and O–H groups in total. The summed E-state index contributed by atoms with van der Waals surface area (Å²) in [5, 5.41) is 3.80. The summed E-state index contributed by atoms with van der Waals surface area (Å²) in [5.41, 5.74) is 2.17. The van der Waals surface area contributed by atoms with Crippen LogP contribution in [-0.2, 0) is 11.3 Å². The number of thiophene rings is 1. The SMILES string of the molecule is O=C(C[N+]12CCC(CC1)[C@@H](OC(=O)N(Cc1cccc(F)c1)c1ccsc1)C2)c1ccccc1. The Kier molecular flexibility index (Phi) is 6.48. The monoisotopic (exact) mass is 479 g/mol. The molecule has 5 nitrogen and oxygen atoms in total. The minimum atomic E-state index is -0.422. The van der Waals surface area contributed by atoms with Crippen molar-refractivity contribution in [2.45, 2.75) is 25.5 Å². The number of carbonyl (C=O) groups excluding carboxylic acids is 2. The zero-order valence-corrected chi connectivity index (χ0v) is 19.8. The van der Waals surface area contributed by atoms with Crippen molar-refractivity contribution in [3.63, 3.8) is 0 Å². The smallest absolute Gasteiger partial charge is 0.415 e. The molecule has 0 radical (unpaired) electrons. The highest BCUT2D eigenvalue weighted by Gasteiger charge is 2.48. The zero-order valence-electron chi connectivity index (χ0n) is 18.9. The van der Waals surface area contributed by atoms with E-state index in [1.807, 2.05) is 47.2 Å². The molecule has 176 valence electrons. The second-order valence-electron chi connectivity index (χ2n) is 9.38. The Bertz CT molecular complexity index is 1140. The normalized spacial score (nSPS) is 23.4. The van der Waals surface area contributed by atoms with Crippen LogP contribution in [0.3, 0.4) is 0 Å². The zero-order chi connectivity index (χ0) is 23.5. The van der Waals surface area contributed by atoms with Gasteiger partial charge in [-0.2, -0.15) is 11.3 Å². The number of quaternary nitrogens is 1. The molecule has 7 heteroatoms. The fraction of sp³-hybridized carbons (Fsp3) is 0.333. The first kappa shape index (κ1) is 22.7. The first-order valence-electron chi connectivity index (χ1n) is 11.7. The summed E-state index contributed by atoms with van der Waals surface area (Å²) in [6.07, 6.45) is 1.24. The largest absolute Gasteiger partial charge is 0.440 e. The van der Waals surface area contributed by atoms with E-state index in [1.54, 1.807) is 17.0 Å². The van der Waals surface area contributed by atoms with Crippen LogP contribution < -0.4 is 4.90 Å². The third-order valence-electron chi connectivity index (χ3n) is 7.14. The topological polar surface area (TPSA) is 46.6 Å². The van der Waals surface area contributed by atoms with E-state index in [0.29, 0.717) is 29.1 Å². The Balaban J connectivity index is 1.30. The molecule has 1 atom stereocenters. The average molecular weight is 480 g/mol. The number of hydrogen-bond donors (Lipinski definition) is 0. The van der Waals surface area contributed by atoms with E-state index in [1.165, 1.54) is 23.5 Å². The highest BCUT2D eigenvalue weighted by Crippen LogP contribution is 2.36. The van der Waals surface area contributed by atoms with Crippen LogP contribution in [0.2, 0.25) is 0 Å². The van der Waals surface area contributed by atoms with Crippen molar-refractivity contribution < 1.29 is 23.2 Å². The molecule has 0 spiro atoms. The van der Waals surface area contributed by atoms with Crippen molar-refractivity contribution in [1.82, 2.24) is 0 Å². The summed E-state index contributed by atoms with van der Waals surface area (Å²) < 4.78 is 20.5. The van der Waals surface area contributed by atoms with Gasteiger partial charge in [-0.3, -0.25) is 9.69 Å². The Morgan fingerprint density at radius 2 is 1.85 bits per heavy atom. The molecule has 3 aliphatic heterocycles. The van der Waals surface area contributed by atoms with Gasteiger partial charge in [-0.15, -0.1) is 0 Å². The van der Waals surface area contributed by atoms with Crippen molar-refractivity contribution in [2.24, 2.45) is 5.92 Å². The van der Waals surface area contributed by atoms with Crippen molar-refractivity contribution in [3.8, 4) is 0 Å². The number of ketones is 1. The van der Waals surface area contributed by atoms with Crippen LogP contribution in [0.25, 0.3) is 0 Å². The van der Waals surface area contributed by atoms with Gasteiger partial charge < -0.3 is 9.22 Å². The van der Waals surface area contributed by atoms with E-state index >= 15 is 0 Å². The highest BCUT2D eigenvalue weighted by molar-refractivity contribution is 7.08. The van der Waals surface area contributed by atoms with Crippen LogP contribution in [0.15, 0.2) is 71.4 Å². The molecule has 3 fully saturated rings. The Labute approximate surface area is 203 Å². The fourth-order valence-corrected chi connectivity index (χ4v) is 5.92. The predicted octanol–water partition coefficient (Wildman–Crippen LogP) is 5.52. The van der Waals surface area contributed by atoms with E-state index in [9.17, 15) is 14.0 Å². The first-order chi connectivity index (χ1) is 16.5. The summed E-state index contributed by atoms with van der Waals surface area (Å²) in [4.78, 5) is 27.9. The molecule has 0 unspecified atom stereocenters. The lowest BCUT2D eigenvalue weighted by Gasteiger charge is -2.51. The maximum atomic E-state index is 13.7. The van der Waals surface area contributed by atoms with Crippen LogP contribution in [0.1, 0.15) is 28.8 Å². The summed E-state index contributed by atoms with van der Waals surface area (Å²) >= 11 is 1.50. The first-order valence-corrected chi connectivity index (χ1v) is 12.6. The molecule has 0 saturated carbocycles. The van der Waals surface area contributed by atoms with Crippen molar-refractivity contribution in [2.75, 3.05) is 31.1 Å². The molecule has 6 rings (SSSR count). The van der Waals surface area contributed by atoms with E-state index < -0.39 is 6.09 Å².